The summed E-state index contributed by atoms with van der Waals surface area (Å²) in [4.78, 5) is 24.0. The van der Waals surface area contributed by atoms with E-state index in [2.05, 4.69) is 15.0 Å². The molecule has 0 saturated heterocycles. The van der Waals surface area contributed by atoms with Crippen LogP contribution in [0.1, 0.15) is 11.3 Å². The van der Waals surface area contributed by atoms with Crippen molar-refractivity contribution in [2.75, 3.05) is 0 Å². The molecule has 4 aromatic rings. The summed E-state index contributed by atoms with van der Waals surface area (Å²) in [6.45, 7) is 0.664. The summed E-state index contributed by atoms with van der Waals surface area (Å²) in [6.07, 6.45) is 5.49. The molecule has 0 unspecified atom stereocenters. The minimum atomic E-state index is -0.0472. The van der Waals surface area contributed by atoms with Crippen molar-refractivity contribution in [1.82, 2.24) is 19.5 Å². The monoisotopic (exact) mass is 348 g/mol. The lowest BCUT2D eigenvalue weighted by Crippen LogP contribution is -2.11. The van der Waals surface area contributed by atoms with Crippen molar-refractivity contribution < 1.29 is 0 Å². The van der Waals surface area contributed by atoms with Crippen molar-refractivity contribution in [3.8, 4) is 0 Å². The van der Waals surface area contributed by atoms with Crippen LogP contribution in [0.4, 0.5) is 0 Å². The lowest BCUT2D eigenvalue weighted by atomic mass is 10.2. The van der Waals surface area contributed by atoms with Gasteiger partial charge in [-0.15, -0.1) is 0 Å². The first-order chi connectivity index (χ1) is 12.3. The van der Waals surface area contributed by atoms with Gasteiger partial charge in [-0.25, -0.2) is 4.98 Å². The van der Waals surface area contributed by atoms with E-state index in [9.17, 15) is 4.79 Å². The van der Waals surface area contributed by atoms with E-state index in [1.807, 2.05) is 59.3 Å². The van der Waals surface area contributed by atoms with Crippen molar-refractivity contribution in [2.24, 2.45) is 0 Å². The fourth-order valence-electron chi connectivity index (χ4n) is 2.66. The summed E-state index contributed by atoms with van der Waals surface area (Å²) >= 11 is 1.55. The standard InChI is InChI=1S/C19H16N4OS/c24-18-15(11-14-5-1-2-7-17(14)22-18)13-25-19-21-9-10-23(19)12-16-6-3-4-8-20-16/h1-11H,12-13H2,(H,22,24). The molecule has 0 amide bonds. The largest absolute Gasteiger partial charge is 0.322 e. The van der Waals surface area contributed by atoms with Gasteiger partial charge >= 0.3 is 0 Å². The molecule has 0 radical (unpaired) electrons. The van der Waals surface area contributed by atoms with E-state index in [0.29, 0.717) is 12.3 Å². The molecule has 3 aromatic heterocycles. The fraction of sp³-hybridized carbons (Fsp3) is 0.105. The summed E-state index contributed by atoms with van der Waals surface area (Å²) in [5, 5.41) is 1.91. The van der Waals surface area contributed by atoms with E-state index >= 15 is 0 Å². The predicted molar refractivity (Wildman–Crippen MR) is 99.7 cm³/mol. The van der Waals surface area contributed by atoms with E-state index in [-0.39, 0.29) is 5.56 Å². The smallest absolute Gasteiger partial charge is 0.252 e. The Morgan fingerprint density at radius 3 is 2.80 bits per heavy atom. The van der Waals surface area contributed by atoms with Crippen LogP contribution in [-0.4, -0.2) is 19.5 Å². The number of pyridine rings is 2. The first-order valence-electron chi connectivity index (χ1n) is 7.94. The normalized spacial score (nSPS) is 11.0. The first-order valence-corrected chi connectivity index (χ1v) is 8.93. The first kappa shape index (κ1) is 15.7. The molecule has 0 spiro atoms. The molecule has 5 nitrogen and oxygen atoms in total. The molecule has 0 aliphatic carbocycles. The number of imidazole rings is 1. The Morgan fingerprint density at radius 2 is 1.92 bits per heavy atom. The molecular formula is C19H16N4OS. The van der Waals surface area contributed by atoms with Gasteiger partial charge in [0.2, 0.25) is 0 Å². The van der Waals surface area contributed by atoms with Gasteiger partial charge in [0.1, 0.15) is 0 Å². The average molecular weight is 348 g/mol. The summed E-state index contributed by atoms with van der Waals surface area (Å²) < 4.78 is 2.04. The highest BCUT2D eigenvalue weighted by Crippen LogP contribution is 2.21. The van der Waals surface area contributed by atoms with Crippen molar-refractivity contribution in [2.45, 2.75) is 17.5 Å². The van der Waals surface area contributed by atoms with E-state index < -0.39 is 0 Å². The molecule has 0 aliphatic rings. The molecule has 25 heavy (non-hydrogen) atoms. The molecule has 6 heteroatoms. The van der Waals surface area contributed by atoms with Crippen LogP contribution in [0, 0.1) is 0 Å². The molecule has 0 fully saturated rings. The van der Waals surface area contributed by atoms with Crippen molar-refractivity contribution >= 4 is 22.7 Å². The molecule has 1 aromatic carbocycles. The van der Waals surface area contributed by atoms with Gasteiger partial charge < -0.3 is 9.55 Å². The minimum absolute atomic E-state index is 0.0472. The SMILES string of the molecule is O=c1[nH]c2ccccc2cc1CSc1nccn1Cc1ccccn1. The number of thioether (sulfide) groups is 1. The third-order valence-electron chi connectivity index (χ3n) is 3.92. The summed E-state index contributed by atoms with van der Waals surface area (Å²) in [6, 6.07) is 15.6. The van der Waals surface area contributed by atoms with Crippen LogP contribution < -0.4 is 5.56 Å². The second-order valence-corrected chi connectivity index (χ2v) is 6.60. The number of hydrogen-bond donors (Lipinski definition) is 1. The third kappa shape index (κ3) is 3.49. The van der Waals surface area contributed by atoms with Crippen LogP contribution in [0.2, 0.25) is 0 Å². The predicted octanol–water partition coefficient (Wildman–Crippen LogP) is 3.46. The number of nitrogens with one attached hydrogen (secondary N) is 1. The van der Waals surface area contributed by atoms with Crippen molar-refractivity contribution in [3.05, 3.63) is 88.7 Å². The maximum Gasteiger partial charge on any atom is 0.252 e. The highest BCUT2D eigenvalue weighted by atomic mass is 32.2. The quantitative estimate of drug-likeness (QED) is 0.561. The Morgan fingerprint density at radius 1 is 1.04 bits per heavy atom. The maximum absolute atomic E-state index is 12.3. The molecule has 3 heterocycles. The molecule has 1 N–H and O–H groups in total. The zero-order chi connectivity index (χ0) is 17.1. The van der Waals surface area contributed by atoms with Crippen LogP contribution in [0.25, 0.3) is 10.9 Å². The molecule has 0 saturated carbocycles. The minimum Gasteiger partial charge on any atom is -0.322 e. The number of aromatic amines is 1. The number of rotatable bonds is 5. The Kier molecular flexibility index (Phi) is 4.35. The second kappa shape index (κ2) is 6.94. The van der Waals surface area contributed by atoms with E-state index in [4.69, 9.17) is 0 Å². The highest BCUT2D eigenvalue weighted by molar-refractivity contribution is 7.98. The highest BCUT2D eigenvalue weighted by Gasteiger charge is 2.08. The van der Waals surface area contributed by atoms with Crippen LogP contribution in [-0.2, 0) is 12.3 Å². The lowest BCUT2D eigenvalue weighted by molar-refractivity contribution is 0.693. The molecular weight excluding hydrogens is 332 g/mol. The second-order valence-electron chi connectivity index (χ2n) is 5.66. The number of H-pyrrole nitrogens is 1. The molecule has 4 rings (SSSR count). The third-order valence-corrected chi connectivity index (χ3v) is 4.98. The van der Waals surface area contributed by atoms with Crippen LogP contribution in [0.3, 0.4) is 0 Å². The zero-order valence-electron chi connectivity index (χ0n) is 13.4. The fourth-order valence-corrected chi connectivity index (χ4v) is 3.59. The van der Waals surface area contributed by atoms with Crippen LogP contribution in [0.15, 0.2) is 77.1 Å². The van der Waals surface area contributed by atoms with Gasteiger partial charge in [-0.05, 0) is 29.7 Å². The van der Waals surface area contributed by atoms with Crippen molar-refractivity contribution in [3.63, 3.8) is 0 Å². The molecule has 0 atom stereocenters. The van der Waals surface area contributed by atoms with Gasteiger partial charge in [0.25, 0.3) is 5.56 Å². The van der Waals surface area contributed by atoms with Crippen LogP contribution >= 0.6 is 11.8 Å². The van der Waals surface area contributed by atoms with Gasteiger partial charge in [-0.1, -0.05) is 36.0 Å². The maximum atomic E-state index is 12.3. The number of benzene rings is 1. The Balaban J connectivity index is 1.53. The number of fused-ring (bicyclic) bond motifs is 1. The van der Waals surface area contributed by atoms with E-state index in [1.165, 1.54) is 0 Å². The van der Waals surface area contributed by atoms with Gasteiger partial charge in [0.05, 0.1) is 12.2 Å². The topological polar surface area (TPSA) is 63.6 Å². The molecule has 124 valence electrons. The van der Waals surface area contributed by atoms with E-state index in [0.717, 1.165) is 27.3 Å². The van der Waals surface area contributed by atoms with Gasteiger partial charge in [0.15, 0.2) is 5.16 Å². The van der Waals surface area contributed by atoms with Crippen LogP contribution in [0.5, 0.6) is 0 Å². The summed E-state index contributed by atoms with van der Waals surface area (Å²) in [5.41, 5.74) is 2.54. The number of nitrogens with zero attached hydrogens (tertiary/aromatic N) is 3. The van der Waals surface area contributed by atoms with E-state index in [1.54, 1.807) is 24.2 Å². The Labute approximate surface area is 148 Å². The number of aromatic nitrogens is 4. The lowest BCUT2D eigenvalue weighted by Gasteiger charge is -2.07. The molecule has 0 aliphatic heterocycles. The number of hydrogen-bond acceptors (Lipinski definition) is 4. The Hall–Kier alpha value is -2.86. The zero-order valence-corrected chi connectivity index (χ0v) is 14.2. The van der Waals surface area contributed by atoms with Gasteiger partial charge in [-0.3, -0.25) is 9.78 Å². The Bertz CT molecular complexity index is 1060. The number of para-hydroxylation sites is 1. The average Bonchev–Trinajstić information content (AvgIpc) is 3.08. The summed E-state index contributed by atoms with van der Waals surface area (Å²) in [7, 11) is 0. The van der Waals surface area contributed by atoms with Gasteiger partial charge in [-0.2, -0.15) is 0 Å². The van der Waals surface area contributed by atoms with Gasteiger partial charge in [0, 0.05) is 35.4 Å². The molecule has 0 bridgehead atoms. The summed E-state index contributed by atoms with van der Waals surface area (Å²) in [5.74, 6) is 0.569. The van der Waals surface area contributed by atoms with Crippen molar-refractivity contribution in [1.29, 1.82) is 0 Å².